The summed E-state index contributed by atoms with van der Waals surface area (Å²) in [5, 5.41) is 4.42. The van der Waals surface area contributed by atoms with Gasteiger partial charge in [0.1, 0.15) is 0 Å². The third-order valence-corrected chi connectivity index (χ3v) is 3.07. The molecule has 0 aliphatic heterocycles. The van der Waals surface area contributed by atoms with E-state index in [4.69, 9.17) is 11.6 Å². The number of hydrogen-bond donors (Lipinski definition) is 1. The first-order valence-corrected chi connectivity index (χ1v) is 6.75. The fourth-order valence-corrected chi connectivity index (χ4v) is 1.78. The van der Waals surface area contributed by atoms with Gasteiger partial charge in [0, 0.05) is 10.6 Å². The first-order chi connectivity index (χ1) is 10.6. The Morgan fingerprint density at radius 2 is 1.64 bits per heavy atom. The zero-order chi connectivity index (χ0) is 15.9. The maximum Gasteiger partial charge on any atom is 0.337 e. The van der Waals surface area contributed by atoms with Crippen molar-refractivity contribution in [2.75, 3.05) is 7.11 Å². The standard InChI is InChI=1S/C16H13ClN2O3/c1-22-16(21)13-4-2-11(3-5-13)10-18-19-15(20)12-6-8-14(17)9-7-12/h2-10H,1H3,(H,19,20)/b18-10-. The highest BCUT2D eigenvalue weighted by atomic mass is 35.5. The van der Waals surface area contributed by atoms with Crippen molar-refractivity contribution < 1.29 is 14.3 Å². The Hall–Kier alpha value is -2.66. The van der Waals surface area contributed by atoms with Crippen LogP contribution < -0.4 is 5.43 Å². The first-order valence-electron chi connectivity index (χ1n) is 6.37. The molecule has 0 aromatic heterocycles. The molecule has 0 bridgehead atoms. The summed E-state index contributed by atoms with van der Waals surface area (Å²) in [7, 11) is 1.32. The van der Waals surface area contributed by atoms with E-state index in [0.29, 0.717) is 16.1 Å². The maximum atomic E-state index is 11.8. The van der Waals surface area contributed by atoms with Crippen LogP contribution in [0.5, 0.6) is 0 Å². The van der Waals surface area contributed by atoms with Crippen LogP contribution in [0.3, 0.4) is 0 Å². The van der Waals surface area contributed by atoms with Gasteiger partial charge < -0.3 is 4.74 Å². The van der Waals surface area contributed by atoms with Crippen LogP contribution in [-0.2, 0) is 4.74 Å². The summed E-state index contributed by atoms with van der Waals surface area (Å²) in [5.74, 6) is -0.737. The third kappa shape index (κ3) is 4.17. The van der Waals surface area contributed by atoms with E-state index in [1.54, 1.807) is 48.5 Å². The molecule has 0 heterocycles. The monoisotopic (exact) mass is 316 g/mol. The molecule has 112 valence electrons. The molecular weight excluding hydrogens is 304 g/mol. The van der Waals surface area contributed by atoms with E-state index >= 15 is 0 Å². The van der Waals surface area contributed by atoms with E-state index in [9.17, 15) is 9.59 Å². The summed E-state index contributed by atoms with van der Waals surface area (Å²) in [6.07, 6.45) is 1.48. The van der Waals surface area contributed by atoms with Crippen molar-refractivity contribution in [1.82, 2.24) is 5.43 Å². The molecule has 2 aromatic carbocycles. The zero-order valence-corrected chi connectivity index (χ0v) is 12.5. The number of ether oxygens (including phenoxy) is 1. The van der Waals surface area contributed by atoms with Crippen molar-refractivity contribution in [3.8, 4) is 0 Å². The van der Waals surface area contributed by atoms with Crippen LogP contribution in [0.2, 0.25) is 5.02 Å². The predicted octanol–water partition coefficient (Wildman–Crippen LogP) is 2.89. The van der Waals surface area contributed by atoms with Crippen LogP contribution in [0.4, 0.5) is 0 Å². The quantitative estimate of drug-likeness (QED) is 0.536. The second kappa shape index (κ2) is 7.38. The summed E-state index contributed by atoms with van der Waals surface area (Å²) >= 11 is 5.75. The molecule has 2 rings (SSSR count). The Labute approximate surface area is 132 Å². The van der Waals surface area contributed by atoms with Crippen molar-refractivity contribution in [1.29, 1.82) is 0 Å². The lowest BCUT2D eigenvalue weighted by molar-refractivity contribution is 0.0600. The Balaban J connectivity index is 1.96. The molecule has 0 fully saturated rings. The molecule has 0 radical (unpaired) electrons. The second-order valence-corrected chi connectivity index (χ2v) is 4.76. The number of carbonyl (C=O) groups excluding carboxylic acids is 2. The number of nitrogens with one attached hydrogen (secondary N) is 1. The van der Waals surface area contributed by atoms with Gasteiger partial charge in [-0.1, -0.05) is 23.7 Å². The number of nitrogens with zero attached hydrogens (tertiary/aromatic N) is 1. The predicted molar refractivity (Wildman–Crippen MR) is 84.3 cm³/mol. The maximum absolute atomic E-state index is 11.8. The van der Waals surface area contributed by atoms with Gasteiger partial charge in [-0.15, -0.1) is 0 Å². The Bertz CT molecular complexity index is 694. The van der Waals surface area contributed by atoms with Crippen molar-refractivity contribution in [2.24, 2.45) is 5.10 Å². The summed E-state index contributed by atoms with van der Waals surface area (Å²) in [6, 6.07) is 13.1. The third-order valence-electron chi connectivity index (χ3n) is 2.82. The molecule has 0 saturated heterocycles. The largest absolute Gasteiger partial charge is 0.465 e. The van der Waals surface area contributed by atoms with Crippen LogP contribution in [-0.4, -0.2) is 25.2 Å². The minimum atomic E-state index is -0.403. The SMILES string of the molecule is COC(=O)c1ccc(/C=N\NC(=O)c2ccc(Cl)cc2)cc1. The number of carbonyl (C=O) groups is 2. The van der Waals surface area contributed by atoms with Gasteiger partial charge >= 0.3 is 5.97 Å². The average Bonchev–Trinajstić information content (AvgIpc) is 2.55. The number of benzene rings is 2. The molecular formula is C16H13ClN2O3. The van der Waals surface area contributed by atoms with Crippen molar-refractivity contribution in [3.63, 3.8) is 0 Å². The summed E-state index contributed by atoms with van der Waals surface area (Å²) in [6.45, 7) is 0. The van der Waals surface area contributed by atoms with Gasteiger partial charge in [-0.3, -0.25) is 4.79 Å². The van der Waals surface area contributed by atoms with E-state index in [2.05, 4.69) is 15.3 Å². The van der Waals surface area contributed by atoms with Crippen LogP contribution in [0.1, 0.15) is 26.3 Å². The van der Waals surface area contributed by atoms with Crippen LogP contribution in [0.25, 0.3) is 0 Å². The Kier molecular flexibility index (Phi) is 5.27. The number of amides is 1. The van der Waals surface area contributed by atoms with Gasteiger partial charge in [-0.05, 0) is 42.0 Å². The number of methoxy groups -OCH3 is 1. The number of esters is 1. The molecule has 0 saturated carbocycles. The molecule has 0 atom stereocenters. The van der Waals surface area contributed by atoms with Gasteiger partial charge in [0.25, 0.3) is 5.91 Å². The Morgan fingerprint density at radius 1 is 1.05 bits per heavy atom. The highest BCUT2D eigenvalue weighted by Crippen LogP contribution is 2.09. The Morgan fingerprint density at radius 3 is 2.23 bits per heavy atom. The number of hydrogen-bond acceptors (Lipinski definition) is 4. The highest BCUT2D eigenvalue weighted by Gasteiger charge is 2.04. The molecule has 1 N–H and O–H groups in total. The fourth-order valence-electron chi connectivity index (χ4n) is 1.65. The number of rotatable bonds is 4. The normalized spacial score (nSPS) is 10.5. The zero-order valence-electron chi connectivity index (χ0n) is 11.7. The first kappa shape index (κ1) is 15.7. The molecule has 0 aliphatic rings. The summed E-state index contributed by atoms with van der Waals surface area (Å²) < 4.78 is 4.61. The summed E-state index contributed by atoms with van der Waals surface area (Å²) in [4.78, 5) is 23.1. The molecule has 2 aromatic rings. The molecule has 0 spiro atoms. The highest BCUT2D eigenvalue weighted by molar-refractivity contribution is 6.30. The van der Waals surface area contributed by atoms with E-state index in [-0.39, 0.29) is 5.91 Å². The van der Waals surface area contributed by atoms with Gasteiger partial charge in [-0.25, -0.2) is 10.2 Å². The van der Waals surface area contributed by atoms with E-state index < -0.39 is 5.97 Å². The van der Waals surface area contributed by atoms with Crippen molar-refractivity contribution >= 4 is 29.7 Å². The lowest BCUT2D eigenvalue weighted by atomic mass is 10.1. The van der Waals surface area contributed by atoms with Crippen LogP contribution in [0, 0.1) is 0 Å². The van der Waals surface area contributed by atoms with E-state index in [0.717, 1.165) is 5.56 Å². The van der Waals surface area contributed by atoms with Crippen LogP contribution in [0.15, 0.2) is 53.6 Å². The summed E-state index contributed by atoms with van der Waals surface area (Å²) in [5.41, 5.74) is 4.06. The van der Waals surface area contributed by atoms with Crippen LogP contribution >= 0.6 is 11.6 Å². The molecule has 22 heavy (non-hydrogen) atoms. The molecule has 0 unspecified atom stereocenters. The lowest BCUT2D eigenvalue weighted by Crippen LogP contribution is -2.17. The molecule has 5 nitrogen and oxygen atoms in total. The number of halogens is 1. The average molecular weight is 317 g/mol. The molecule has 6 heteroatoms. The fraction of sp³-hybridized carbons (Fsp3) is 0.0625. The second-order valence-electron chi connectivity index (χ2n) is 4.32. The van der Waals surface area contributed by atoms with Gasteiger partial charge in [0.2, 0.25) is 0 Å². The van der Waals surface area contributed by atoms with Gasteiger partial charge in [0.05, 0.1) is 18.9 Å². The van der Waals surface area contributed by atoms with Crippen molar-refractivity contribution in [3.05, 3.63) is 70.2 Å². The van der Waals surface area contributed by atoms with Crippen molar-refractivity contribution in [2.45, 2.75) is 0 Å². The van der Waals surface area contributed by atoms with E-state index in [1.165, 1.54) is 13.3 Å². The number of hydrazone groups is 1. The molecule has 1 amide bonds. The minimum Gasteiger partial charge on any atom is -0.465 e. The van der Waals surface area contributed by atoms with Gasteiger partial charge in [-0.2, -0.15) is 5.10 Å². The van der Waals surface area contributed by atoms with Gasteiger partial charge in [0.15, 0.2) is 0 Å². The molecule has 0 aliphatic carbocycles. The van der Waals surface area contributed by atoms with E-state index in [1.807, 2.05) is 0 Å². The minimum absolute atomic E-state index is 0.334. The lowest BCUT2D eigenvalue weighted by Gasteiger charge is -2.00. The topological polar surface area (TPSA) is 67.8 Å². The smallest absolute Gasteiger partial charge is 0.337 e.